The quantitative estimate of drug-likeness (QED) is 0.795. The molecule has 2 fully saturated rings. The number of nitrogens with one attached hydrogen (secondary N) is 2. The average Bonchev–Trinajstić information content (AvgIpc) is 2.98. The van der Waals surface area contributed by atoms with Crippen LogP contribution in [-0.4, -0.2) is 65.1 Å². The number of carbonyl (C=O) groups excluding carboxylic acids is 1. The van der Waals surface area contributed by atoms with Crippen LogP contribution in [0.25, 0.3) is 0 Å². The fourth-order valence-corrected chi connectivity index (χ4v) is 3.54. The second kappa shape index (κ2) is 11.0. The summed E-state index contributed by atoms with van der Waals surface area (Å²) in [6.07, 6.45) is 5.97. The summed E-state index contributed by atoms with van der Waals surface area (Å²) in [5.41, 5.74) is 1.36. The van der Waals surface area contributed by atoms with Crippen molar-refractivity contribution in [3.63, 3.8) is 0 Å². The summed E-state index contributed by atoms with van der Waals surface area (Å²) in [6, 6.07) is 0.360. The maximum absolute atomic E-state index is 12.3. The molecule has 0 aliphatic carbocycles. The largest absolute Gasteiger partial charge is 0.349 e. The maximum atomic E-state index is 12.3. The first kappa shape index (κ1) is 22.2. The molecular weight excluding hydrogens is 363 g/mol. The Morgan fingerprint density at radius 2 is 1.88 bits per heavy atom. The third kappa shape index (κ3) is 5.81. The lowest BCUT2D eigenvalue weighted by Gasteiger charge is -2.26. The molecule has 7 nitrogen and oxygen atoms in total. The van der Waals surface area contributed by atoms with Crippen LogP contribution in [0.1, 0.15) is 54.3 Å². The minimum Gasteiger partial charge on any atom is -0.349 e. The van der Waals surface area contributed by atoms with Crippen LogP contribution in [0.3, 0.4) is 0 Å². The lowest BCUT2D eigenvalue weighted by molar-refractivity contribution is 0.0941. The van der Waals surface area contributed by atoms with Gasteiger partial charge in [0.25, 0.3) is 5.91 Å². The van der Waals surface area contributed by atoms with Crippen LogP contribution < -0.4 is 10.6 Å². The molecule has 1 aromatic rings. The van der Waals surface area contributed by atoms with Gasteiger partial charge in [-0.25, -0.2) is 4.68 Å². The van der Waals surface area contributed by atoms with Crippen molar-refractivity contribution in [2.24, 2.45) is 0 Å². The highest BCUT2D eigenvalue weighted by molar-refractivity contribution is 5.93. The van der Waals surface area contributed by atoms with Gasteiger partial charge in [-0.05, 0) is 58.8 Å². The Balaban J connectivity index is 0.00000156. The maximum Gasteiger partial charge on any atom is 0.273 e. The highest BCUT2D eigenvalue weighted by atomic mass is 35.5. The number of likely N-dealkylation sites (tertiary alicyclic amines) is 1. The normalized spacial score (nSPS) is 18.9. The zero-order valence-corrected chi connectivity index (χ0v) is 16.5. The van der Waals surface area contributed by atoms with Gasteiger partial charge < -0.3 is 15.5 Å². The van der Waals surface area contributed by atoms with Crippen molar-refractivity contribution in [1.29, 1.82) is 0 Å². The van der Waals surface area contributed by atoms with E-state index in [1.165, 1.54) is 19.3 Å². The van der Waals surface area contributed by atoms with E-state index < -0.39 is 0 Å². The van der Waals surface area contributed by atoms with Crippen molar-refractivity contribution in [3.05, 3.63) is 11.4 Å². The Labute approximate surface area is 162 Å². The van der Waals surface area contributed by atoms with E-state index in [9.17, 15) is 4.79 Å². The van der Waals surface area contributed by atoms with Crippen LogP contribution in [0.5, 0.6) is 0 Å². The number of hydrogen-bond acceptors (Lipinski definition) is 5. The molecule has 1 aromatic heterocycles. The van der Waals surface area contributed by atoms with Gasteiger partial charge in [-0.1, -0.05) is 11.6 Å². The highest BCUT2D eigenvalue weighted by Gasteiger charge is 2.22. The van der Waals surface area contributed by atoms with Gasteiger partial charge in [0.15, 0.2) is 5.69 Å². The van der Waals surface area contributed by atoms with Crippen molar-refractivity contribution in [2.45, 2.75) is 45.1 Å². The summed E-state index contributed by atoms with van der Waals surface area (Å²) in [5.74, 6) is -0.0975. The van der Waals surface area contributed by atoms with E-state index >= 15 is 0 Å². The van der Waals surface area contributed by atoms with Gasteiger partial charge in [-0.2, -0.15) is 0 Å². The Hall–Kier alpha value is -0.890. The van der Waals surface area contributed by atoms with E-state index in [1.807, 2.05) is 11.6 Å². The molecule has 0 unspecified atom stereocenters. The summed E-state index contributed by atoms with van der Waals surface area (Å²) in [4.78, 5) is 14.8. The summed E-state index contributed by atoms with van der Waals surface area (Å²) >= 11 is 0. The van der Waals surface area contributed by atoms with Crippen molar-refractivity contribution in [2.75, 3.05) is 39.3 Å². The third-order valence-corrected chi connectivity index (χ3v) is 4.96. The van der Waals surface area contributed by atoms with E-state index in [-0.39, 0.29) is 30.7 Å². The number of rotatable bonds is 5. The molecule has 2 aliphatic rings. The Morgan fingerprint density at radius 1 is 1.20 bits per heavy atom. The minimum atomic E-state index is -0.0975. The molecule has 2 N–H and O–H groups in total. The molecule has 2 saturated heterocycles. The van der Waals surface area contributed by atoms with Crippen molar-refractivity contribution >= 4 is 30.7 Å². The van der Waals surface area contributed by atoms with Crippen molar-refractivity contribution in [3.8, 4) is 0 Å². The Kier molecular flexibility index (Phi) is 9.71. The molecule has 0 spiro atoms. The zero-order valence-electron chi connectivity index (χ0n) is 14.9. The predicted octanol–water partition coefficient (Wildman–Crippen LogP) is 1.57. The van der Waals surface area contributed by atoms with Crippen LogP contribution in [0.15, 0.2) is 0 Å². The lowest BCUT2D eigenvalue weighted by Crippen LogP contribution is -2.38. The first-order valence-corrected chi connectivity index (χ1v) is 8.89. The number of aromatic nitrogens is 3. The number of hydrogen-bond donors (Lipinski definition) is 2. The van der Waals surface area contributed by atoms with Crippen molar-refractivity contribution in [1.82, 2.24) is 30.5 Å². The molecule has 1 amide bonds. The van der Waals surface area contributed by atoms with Gasteiger partial charge in [-0.3, -0.25) is 4.79 Å². The van der Waals surface area contributed by atoms with Gasteiger partial charge >= 0.3 is 0 Å². The SMILES string of the molecule is Cc1c(C(=O)NCCN2CCCCC2)nnn1C1CCNCC1.Cl.Cl. The van der Waals surface area contributed by atoms with E-state index in [2.05, 4.69) is 25.8 Å². The number of nitrogens with zero attached hydrogens (tertiary/aromatic N) is 4. The molecule has 2 aliphatic heterocycles. The fraction of sp³-hybridized carbons (Fsp3) is 0.812. The number of amides is 1. The van der Waals surface area contributed by atoms with E-state index in [4.69, 9.17) is 0 Å². The average molecular weight is 393 g/mol. The second-order valence-electron chi connectivity index (χ2n) is 6.61. The van der Waals surface area contributed by atoms with Gasteiger partial charge in [-0.15, -0.1) is 29.9 Å². The van der Waals surface area contributed by atoms with Gasteiger partial charge in [0.05, 0.1) is 11.7 Å². The van der Waals surface area contributed by atoms with Crippen LogP contribution >= 0.6 is 24.8 Å². The standard InChI is InChI=1S/C16H28N6O.2ClH/c1-13-15(19-20-22(13)14-5-7-17-8-6-14)16(23)18-9-12-21-10-3-2-4-11-21;;/h14,17H,2-12H2,1H3,(H,18,23);2*1H. The fourth-order valence-electron chi connectivity index (χ4n) is 3.54. The van der Waals surface area contributed by atoms with Crippen LogP contribution in [0, 0.1) is 6.92 Å². The molecule has 0 aromatic carbocycles. The summed E-state index contributed by atoms with van der Waals surface area (Å²) < 4.78 is 1.93. The Morgan fingerprint density at radius 3 is 2.56 bits per heavy atom. The molecule has 25 heavy (non-hydrogen) atoms. The summed E-state index contributed by atoms with van der Waals surface area (Å²) in [6.45, 7) is 7.86. The smallest absolute Gasteiger partial charge is 0.273 e. The van der Waals surface area contributed by atoms with E-state index in [0.29, 0.717) is 18.3 Å². The predicted molar refractivity (Wildman–Crippen MR) is 103 cm³/mol. The van der Waals surface area contributed by atoms with Crippen LogP contribution in [0.2, 0.25) is 0 Å². The number of halogens is 2. The number of piperidine rings is 2. The molecule has 0 atom stereocenters. The van der Waals surface area contributed by atoms with Crippen LogP contribution in [-0.2, 0) is 0 Å². The number of carbonyl (C=O) groups is 1. The van der Waals surface area contributed by atoms with Gasteiger partial charge in [0, 0.05) is 13.1 Å². The summed E-state index contributed by atoms with van der Waals surface area (Å²) in [7, 11) is 0. The van der Waals surface area contributed by atoms with E-state index in [1.54, 1.807) is 0 Å². The first-order valence-electron chi connectivity index (χ1n) is 8.89. The summed E-state index contributed by atoms with van der Waals surface area (Å²) in [5, 5.41) is 14.7. The molecular formula is C16H30Cl2N6O. The topological polar surface area (TPSA) is 75.1 Å². The zero-order chi connectivity index (χ0) is 16.1. The highest BCUT2D eigenvalue weighted by Crippen LogP contribution is 2.20. The molecule has 3 rings (SSSR count). The van der Waals surface area contributed by atoms with Gasteiger partial charge in [0.2, 0.25) is 0 Å². The lowest BCUT2D eigenvalue weighted by atomic mass is 10.1. The van der Waals surface area contributed by atoms with Crippen LogP contribution in [0.4, 0.5) is 0 Å². The molecule has 9 heteroatoms. The van der Waals surface area contributed by atoms with Crippen molar-refractivity contribution < 1.29 is 4.79 Å². The monoisotopic (exact) mass is 392 g/mol. The molecule has 0 saturated carbocycles. The molecule has 3 heterocycles. The van der Waals surface area contributed by atoms with E-state index in [0.717, 1.165) is 51.3 Å². The third-order valence-electron chi connectivity index (χ3n) is 4.96. The van der Waals surface area contributed by atoms with Gasteiger partial charge in [0.1, 0.15) is 0 Å². The second-order valence-corrected chi connectivity index (χ2v) is 6.61. The Bertz CT molecular complexity index is 527. The minimum absolute atomic E-state index is 0. The molecule has 144 valence electrons. The molecule has 0 bridgehead atoms. The molecule has 0 radical (unpaired) electrons. The first-order chi connectivity index (χ1) is 11.3.